The number of likely N-dealkylation sites (tertiary alicyclic amines) is 2. The fraction of sp³-hybridized carbons (Fsp3) is 0.484. The number of halogens is 3. The molecule has 0 radical (unpaired) electrons. The molecular formula is C64H87ClF2N8. The SMILES string of the molecule is C=C(N)c1ccc(CCC)c(F)c1-c1c(Cl)c(F)cc2c1C(C)C(C)(c1ccccc1)C2.C=CN1CCC(CN2CCC(c3ccc4c(N5CCC(=C)NC5=C)nn(C)c4c3)CC2)CC1.CC.CNC1CCCCC1. The van der Waals surface area contributed by atoms with Gasteiger partial charge >= 0.3 is 0 Å². The number of hydrogen-bond acceptors (Lipinski definition) is 7. The summed E-state index contributed by atoms with van der Waals surface area (Å²) in [6.45, 7) is 33.2. The lowest BCUT2D eigenvalue weighted by Gasteiger charge is -2.37. The van der Waals surface area contributed by atoms with Gasteiger partial charge in [0.1, 0.15) is 17.5 Å². The zero-order chi connectivity index (χ0) is 54.0. The number of nitrogens with zero attached hydrogens (tertiary/aromatic N) is 5. The van der Waals surface area contributed by atoms with Gasteiger partial charge in [-0.25, -0.2) is 8.78 Å². The highest BCUT2D eigenvalue weighted by Crippen LogP contribution is 2.55. The number of piperidine rings is 2. The molecule has 4 heterocycles. The standard InChI is InChI=1S/C28H28ClF2N.C27H38N6.C7H15N.C2H6/c1-5-9-18-12-13-21(17(3)32)24(27(18)31)25-23-16(2)28(4,20-10-7-6-8-11-20)15-19(23)14-22(30)26(25)29;1-5-31-13-9-22(10-14-31)19-32-15-11-23(12-16-32)24-6-7-25-26(18-24)30(4)29-27(25)33-17-8-20(2)28-21(33)3;1-8-7-5-3-2-4-6-7;1-2/h6-8,10-14,16H,3,5,9,15,32H2,1-2,4H3;5-7,18,22-23,28H,1-3,8-17,19H2,4H3;7-8H,2-6H2,1H3;1-2H3. The summed E-state index contributed by atoms with van der Waals surface area (Å²) in [7, 11) is 4.12. The van der Waals surface area contributed by atoms with Crippen LogP contribution < -0.4 is 21.3 Å². The van der Waals surface area contributed by atoms with Gasteiger partial charge in [0.05, 0.1) is 10.5 Å². The highest BCUT2D eigenvalue weighted by Gasteiger charge is 2.44. The van der Waals surface area contributed by atoms with E-state index in [2.05, 4.69) is 110 Å². The molecule has 3 saturated heterocycles. The minimum absolute atomic E-state index is 0.0129. The highest BCUT2D eigenvalue weighted by atomic mass is 35.5. The Morgan fingerprint density at radius 2 is 1.61 bits per heavy atom. The summed E-state index contributed by atoms with van der Waals surface area (Å²) in [5.74, 6) is 2.38. The molecule has 0 bridgehead atoms. The Labute approximate surface area is 454 Å². The number of aryl methyl sites for hydroxylation is 2. The molecule has 10 rings (SSSR count). The normalized spacial score (nSPS) is 20.5. The second-order valence-corrected chi connectivity index (χ2v) is 22.1. The van der Waals surface area contributed by atoms with Gasteiger partial charge in [-0.3, -0.25) is 4.68 Å². The molecule has 5 aromatic rings. The van der Waals surface area contributed by atoms with Crippen LogP contribution in [0, 0.1) is 17.6 Å². The van der Waals surface area contributed by atoms with Crippen LogP contribution in [0.15, 0.2) is 111 Å². The first-order valence-corrected chi connectivity index (χ1v) is 28.5. The van der Waals surface area contributed by atoms with Gasteiger partial charge in [-0.05, 0) is 141 Å². The average molecular weight is 1040 g/mol. The van der Waals surface area contributed by atoms with Gasteiger partial charge < -0.3 is 31.1 Å². The molecule has 0 amide bonds. The lowest BCUT2D eigenvalue weighted by molar-refractivity contribution is 0.145. The van der Waals surface area contributed by atoms with Crippen molar-refractivity contribution in [3.63, 3.8) is 0 Å². The van der Waals surface area contributed by atoms with Crippen molar-refractivity contribution in [2.45, 2.75) is 141 Å². The summed E-state index contributed by atoms with van der Waals surface area (Å²) >= 11 is 6.58. The van der Waals surface area contributed by atoms with Crippen LogP contribution in [-0.2, 0) is 25.3 Å². The number of nitrogens with one attached hydrogen (secondary N) is 2. The molecule has 2 aliphatic carbocycles. The Bertz CT molecular complexity index is 2760. The Hall–Kier alpha value is -5.42. The van der Waals surface area contributed by atoms with Crippen LogP contribution in [0.2, 0.25) is 5.02 Å². The topological polar surface area (TPSA) is 77.6 Å². The van der Waals surface area contributed by atoms with Crippen molar-refractivity contribution < 1.29 is 8.78 Å². The predicted octanol–water partition coefficient (Wildman–Crippen LogP) is 14.7. The van der Waals surface area contributed by atoms with E-state index in [4.69, 9.17) is 22.4 Å². The maximum absolute atomic E-state index is 15.9. The van der Waals surface area contributed by atoms with Crippen molar-refractivity contribution in [2.24, 2.45) is 18.7 Å². The van der Waals surface area contributed by atoms with Gasteiger partial charge in [-0.15, -0.1) is 0 Å². The van der Waals surface area contributed by atoms with Gasteiger partial charge in [-0.1, -0.05) is 147 Å². The van der Waals surface area contributed by atoms with Crippen LogP contribution in [0.25, 0.3) is 27.7 Å². The molecule has 2 atom stereocenters. The van der Waals surface area contributed by atoms with E-state index in [1.54, 1.807) is 12.1 Å². The summed E-state index contributed by atoms with van der Waals surface area (Å²) in [5.41, 5.74) is 14.3. The van der Waals surface area contributed by atoms with Crippen LogP contribution >= 0.6 is 11.6 Å². The molecule has 0 spiro atoms. The van der Waals surface area contributed by atoms with Crippen LogP contribution in [-0.4, -0.2) is 71.9 Å². The summed E-state index contributed by atoms with van der Waals surface area (Å²) in [6.07, 6.45) is 17.1. The number of hydrogen-bond donors (Lipinski definition) is 3. The first-order chi connectivity index (χ1) is 36.1. The minimum atomic E-state index is -0.543. The van der Waals surface area contributed by atoms with E-state index in [-0.39, 0.29) is 27.6 Å². The van der Waals surface area contributed by atoms with Crippen LogP contribution in [0.4, 0.5) is 14.6 Å². The van der Waals surface area contributed by atoms with Crippen molar-refractivity contribution in [3.05, 3.63) is 161 Å². The van der Waals surface area contributed by atoms with E-state index in [1.165, 1.54) is 113 Å². The molecule has 4 aromatic carbocycles. The Morgan fingerprint density at radius 3 is 2.23 bits per heavy atom. The first-order valence-electron chi connectivity index (χ1n) is 28.1. The number of nitrogens with two attached hydrogens (primary N) is 1. The van der Waals surface area contributed by atoms with Gasteiger partial charge in [0.25, 0.3) is 0 Å². The molecule has 1 saturated carbocycles. The summed E-state index contributed by atoms with van der Waals surface area (Å²) in [4.78, 5) is 7.24. The van der Waals surface area contributed by atoms with Crippen LogP contribution in [0.1, 0.15) is 150 Å². The number of benzene rings is 4. The second kappa shape index (κ2) is 26.1. The quantitative estimate of drug-likeness (QED) is 0.122. The van der Waals surface area contributed by atoms with Crippen LogP contribution in [0.3, 0.4) is 0 Å². The molecule has 1 aromatic heterocycles. The van der Waals surface area contributed by atoms with Crippen LogP contribution in [0.5, 0.6) is 0 Å². The maximum Gasteiger partial charge on any atom is 0.164 e. The number of rotatable bonds is 11. The van der Waals surface area contributed by atoms with E-state index >= 15 is 8.78 Å². The zero-order valence-electron chi connectivity index (χ0n) is 46.4. The molecule has 4 fully saturated rings. The van der Waals surface area contributed by atoms with E-state index in [0.717, 1.165) is 65.4 Å². The molecule has 75 heavy (non-hydrogen) atoms. The van der Waals surface area contributed by atoms with Crippen molar-refractivity contribution in [3.8, 4) is 11.1 Å². The smallest absolute Gasteiger partial charge is 0.164 e. The number of aromatic nitrogens is 2. The third kappa shape index (κ3) is 12.9. The second-order valence-electron chi connectivity index (χ2n) is 21.7. The fourth-order valence-electron chi connectivity index (χ4n) is 12.4. The van der Waals surface area contributed by atoms with Gasteiger partial charge in [0, 0.05) is 84.6 Å². The fourth-order valence-corrected chi connectivity index (χ4v) is 12.6. The first kappa shape index (κ1) is 57.3. The highest BCUT2D eigenvalue weighted by molar-refractivity contribution is 6.34. The van der Waals surface area contributed by atoms with Gasteiger partial charge in [0.2, 0.25) is 0 Å². The Morgan fingerprint density at radius 1 is 0.920 bits per heavy atom. The molecule has 8 nitrogen and oxygen atoms in total. The summed E-state index contributed by atoms with van der Waals surface area (Å²) < 4.78 is 33.0. The zero-order valence-corrected chi connectivity index (χ0v) is 47.2. The maximum atomic E-state index is 15.9. The van der Waals surface area contributed by atoms with E-state index in [1.807, 2.05) is 49.9 Å². The molecule has 2 unspecified atom stereocenters. The molecule has 3 aliphatic heterocycles. The molecule has 5 aliphatic rings. The van der Waals surface area contributed by atoms with Crippen molar-refractivity contribution in [1.82, 2.24) is 30.2 Å². The van der Waals surface area contributed by atoms with Gasteiger partial charge in [-0.2, -0.15) is 5.10 Å². The van der Waals surface area contributed by atoms with E-state index < -0.39 is 11.6 Å². The molecular weight excluding hydrogens is 954 g/mol. The largest absolute Gasteiger partial charge is 0.399 e. The van der Waals surface area contributed by atoms with E-state index in [9.17, 15) is 0 Å². The Kier molecular flexibility index (Phi) is 19.9. The minimum Gasteiger partial charge on any atom is -0.399 e. The number of fused-ring (bicyclic) bond motifs is 2. The van der Waals surface area contributed by atoms with Gasteiger partial charge in [0.15, 0.2) is 5.82 Å². The van der Waals surface area contributed by atoms with E-state index in [0.29, 0.717) is 35.4 Å². The van der Waals surface area contributed by atoms with Crippen molar-refractivity contribution >= 4 is 34.0 Å². The Balaban J connectivity index is 0.000000185. The summed E-state index contributed by atoms with van der Waals surface area (Å²) in [5, 5.41) is 12.6. The average Bonchev–Trinajstić information content (AvgIpc) is 3.89. The third-order valence-corrected chi connectivity index (χ3v) is 17.3. The number of anilines is 1. The summed E-state index contributed by atoms with van der Waals surface area (Å²) in [6, 6.07) is 23.0. The predicted molar refractivity (Wildman–Crippen MR) is 314 cm³/mol. The molecule has 404 valence electrons. The molecule has 11 heteroatoms. The molecule has 4 N–H and O–H groups in total. The van der Waals surface area contributed by atoms with Crippen molar-refractivity contribution in [1.29, 1.82) is 0 Å². The third-order valence-electron chi connectivity index (χ3n) is 17.0. The monoisotopic (exact) mass is 1040 g/mol. The lowest BCUT2D eigenvalue weighted by atomic mass is 9.72. The van der Waals surface area contributed by atoms with Crippen molar-refractivity contribution in [2.75, 3.05) is 51.2 Å². The lowest BCUT2D eigenvalue weighted by Crippen LogP contribution is -2.40.